The first-order valence-electron chi connectivity index (χ1n) is 4.39. The van der Waals surface area contributed by atoms with Crippen molar-refractivity contribution >= 4 is 11.6 Å². The molecule has 0 aliphatic rings. The molecule has 2 heteroatoms. The molecule has 1 heterocycles. The molecule has 0 unspecified atom stereocenters. The second-order valence-electron chi connectivity index (χ2n) is 2.93. The summed E-state index contributed by atoms with van der Waals surface area (Å²) in [5.41, 5.74) is 1.30. The maximum Gasteiger partial charge on any atom is 0.129 e. The summed E-state index contributed by atoms with van der Waals surface area (Å²) in [6.45, 7) is 4.39. The van der Waals surface area contributed by atoms with Gasteiger partial charge in [-0.25, -0.2) is 4.98 Å². The van der Waals surface area contributed by atoms with E-state index in [1.807, 2.05) is 12.3 Å². The number of aromatic nitrogens is 1. The van der Waals surface area contributed by atoms with Crippen molar-refractivity contribution in [3.05, 3.63) is 29.0 Å². The summed E-state index contributed by atoms with van der Waals surface area (Å²) < 4.78 is 0. The van der Waals surface area contributed by atoms with Crippen molar-refractivity contribution in [2.75, 3.05) is 0 Å². The first-order valence-corrected chi connectivity index (χ1v) is 4.77. The van der Waals surface area contributed by atoms with Crippen molar-refractivity contribution < 1.29 is 0 Å². The molecular weight excluding hydrogens is 170 g/mol. The molecule has 0 bridgehead atoms. The van der Waals surface area contributed by atoms with Gasteiger partial charge in [-0.05, 0) is 30.4 Å². The minimum absolute atomic E-state index is 0.574. The van der Waals surface area contributed by atoms with Crippen LogP contribution in [0.15, 0.2) is 18.3 Å². The number of halogens is 1. The molecule has 0 saturated heterocycles. The lowest BCUT2D eigenvalue weighted by Gasteiger charge is -2.11. The molecule has 0 atom stereocenters. The zero-order valence-electron chi connectivity index (χ0n) is 7.55. The monoisotopic (exact) mass is 183 g/mol. The van der Waals surface area contributed by atoms with Crippen LogP contribution in [0.5, 0.6) is 0 Å². The number of pyridine rings is 1. The van der Waals surface area contributed by atoms with E-state index in [2.05, 4.69) is 24.9 Å². The van der Waals surface area contributed by atoms with Crippen molar-refractivity contribution in [3.8, 4) is 0 Å². The normalized spacial score (nSPS) is 10.7. The van der Waals surface area contributed by atoms with Crippen LogP contribution in [0.1, 0.15) is 38.2 Å². The number of hydrogen-bond acceptors (Lipinski definition) is 1. The molecule has 0 N–H and O–H groups in total. The molecule has 0 aromatic carbocycles. The van der Waals surface area contributed by atoms with E-state index < -0.39 is 0 Å². The van der Waals surface area contributed by atoms with Crippen LogP contribution in [0.3, 0.4) is 0 Å². The Morgan fingerprint density at radius 1 is 1.33 bits per heavy atom. The molecule has 0 fully saturated rings. The molecule has 1 aromatic rings. The minimum atomic E-state index is 0.574. The van der Waals surface area contributed by atoms with Crippen LogP contribution in [0, 0.1) is 0 Å². The van der Waals surface area contributed by atoms with Gasteiger partial charge in [0.2, 0.25) is 0 Å². The van der Waals surface area contributed by atoms with E-state index in [0.717, 1.165) is 0 Å². The average molecular weight is 184 g/mol. The van der Waals surface area contributed by atoms with Gasteiger partial charge in [0.05, 0.1) is 0 Å². The smallest absolute Gasteiger partial charge is 0.129 e. The summed E-state index contributed by atoms with van der Waals surface area (Å²) in [6, 6.07) is 3.92. The summed E-state index contributed by atoms with van der Waals surface area (Å²) in [5, 5.41) is 0.574. The van der Waals surface area contributed by atoms with Crippen LogP contribution in [-0.2, 0) is 0 Å². The Morgan fingerprint density at radius 2 is 2.00 bits per heavy atom. The number of nitrogens with zero attached hydrogens (tertiary/aromatic N) is 1. The standard InChI is InChI=1S/C10H14ClN/c1-3-8(4-2)9-5-6-10(11)12-7-9/h5-8H,3-4H2,1-2H3. The van der Waals surface area contributed by atoms with E-state index in [0.29, 0.717) is 11.1 Å². The SMILES string of the molecule is CCC(CC)c1ccc(Cl)nc1. The van der Waals surface area contributed by atoms with Gasteiger partial charge in [-0.3, -0.25) is 0 Å². The molecule has 0 aliphatic heterocycles. The van der Waals surface area contributed by atoms with Gasteiger partial charge >= 0.3 is 0 Å². The Bertz CT molecular complexity index is 226. The molecule has 0 radical (unpaired) electrons. The highest BCUT2D eigenvalue weighted by Crippen LogP contribution is 2.22. The van der Waals surface area contributed by atoms with Gasteiger partial charge in [-0.2, -0.15) is 0 Å². The van der Waals surface area contributed by atoms with E-state index >= 15 is 0 Å². The molecule has 0 amide bonds. The zero-order valence-corrected chi connectivity index (χ0v) is 8.30. The highest BCUT2D eigenvalue weighted by molar-refractivity contribution is 6.29. The van der Waals surface area contributed by atoms with Gasteiger partial charge in [-0.15, -0.1) is 0 Å². The average Bonchev–Trinajstić information content (AvgIpc) is 2.10. The van der Waals surface area contributed by atoms with Gasteiger partial charge in [0.15, 0.2) is 0 Å². The third-order valence-electron chi connectivity index (χ3n) is 2.21. The van der Waals surface area contributed by atoms with Crippen LogP contribution in [0.2, 0.25) is 5.15 Å². The van der Waals surface area contributed by atoms with Crippen molar-refractivity contribution in [1.82, 2.24) is 4.98 Å². The summed E-state index contributed by atoms with van der Waals surface area (Å²) >= 11 is 5.69. The fourth-order valence-corrected chi connectivity index (χ4v) is 1.50. The van der Waals surface area contributed by atoms with Crippen LogP contribution in [-0.4, -0.2) is 4.98 Å². The second-order valence-corrected chi connectivity index (χ2v) is 3.31. The van der Waals surface area contributed by atoms with Gasteiger partial charge in [0, 0.05) is 6.20 Å². The Labute approximate surface area is 78.8 Å². The molecule has 1 rings (SSSR count). The van der Waals surface area contributed by atoms with Gasteiger partial charge < -0.3 is 0 Å². The number of rotatable bonds is 3. The Balaban J connectivity index is 2.80. The summed E-state index contributed by atoms with van der Waals surface area (Å²) in [5.74, 6) is 0.634. The fraction of sp³-hybridized carbons (Fsp3) is 0.500. The van der Waals surface area contributed by atoms with Crippen LogP contribution in [0.25, 0.3) is 0 Å². The maximum atomic E-state index is 5.69. The molecule has 0 aliphatic carbocycles. The molecular formula is C10H14ClN. The lowest BCUT2D eigenvalue weighted by molar-refractivity contribution is 0.639. The summed E-state index contributed by atoms with van der Waals surface area (Å²) in [7, 11) is 0. The predicted molar refractivity (Wildman–Crippen MR) is 52.6 cm³/mol. The van der Waals surface area contributed by atoms with E-state index in [4.69, 9.17) is 11.6 Å². The lowest BCUT2D eigenvalue weighted by atomic mass is 9.96. The molecule has 0 saturated carbocycles. The fourth-order valence-electron chi connectivity index (χ4n) is 1.39. The van der Waals surface area contributed by atoms with E-state index in [1.165, 1.54) is 18.4 Å². The Kier molecular flexibility index (Phi) is 3.54. The molecule has 1 nitrogen and oxygen atoms in total. The third-order valence-corrected chi connectivity index (χ3v) is 2.43. The van der Waals surface area contributed by atoms with Crippen LogP contribution >= 0.6 is 11.6 Å². The second kappa shape index (κ2) is 4.46. The van der Waals surface area contributed by atoms with E-state index in [9.17, 15) is 0 Å². The quantitative estimate of drug-likeness (QED) is 0.652. The van der Waals surface area contributed by atoms with E-state index in [1.54, 1.807) is 0 Å². The van der Waals surface area contributed by atoms with Gasteiger partial charge in [0.1, 0.15) is 5.15 Å². The Morgan fingerprint density at radius 3 is 2.42 bits per heavy atom. The summed E-state index contributed by atoms with van der Waals surface area (Å²) in [4.78, 5) is 4.06. The highest BCUT2D eigenvalue weighted by Gasteiger charge is 2.05. The van der Waals surface area contributed by atoms with Crippen LogP contribution < -0.4 is 0 Å². The van der Waals surface area contributed by atoms with Crippen LogP contribution in [0.4, 0.5) is 0 Å². The van der Waals surface area contributed by atoms with Gasteiger partial charge in [-0.1, -0.05) is 31.5 Å². The summed E-state index contributed by atoms with van der Waals surface area (Å²) in [6.07, 6.45) is 4.21. The van der Waals surface area contributed by atoms with Crippen molar-refractivity contribution in [2.24, 2.45) is 0 Å². The number of hydrogen-bond donors (Lipinski definition) is 0. The van der Waals surface area contributed by atoms with Crippen molar-refractivity contribution in [1.29, 1.82) is 0 Å². The molecule has 0 spiro atoms. The zero-order chi connectivity index (χ0) is 8.97. The minimum Gasteiger partial charge on any atom is -0.244 e. The first-order chi connectivity index (χ1) is 5.77. The van der Waals surface area contributed by atoms with Crippen molar-refractivity contribution in [3.63, 3.8) is 0 Å². The highest BCUT2D eigenvalue weighted by atomic mass is 35.5. The molecule has 12 heavy (non-hydrogen) atoms. The molecule has 1 aromatic heterocycles. The third kappa shape index (κ3) is 2.21. The maximum absolute atomic E-state index is 5.69. The largest absolute Gasteiger partial charge is 0.244 e. The van der Waals surface area contributed by atoms with Crippen molar-refractivity contribution in [2.45, 2.75) is 32.6 Å². The predicted octanol–water partition coefficient (Wildman–Crippen LogP) is 3.64. The Hall–Kier alpha value is -0.560. The topological polar surface area (TPSA) is 12.9 Å². The first kappa shape index (κ1) is 9.53. The molecule has 66 valence electrons. The van der Waals surface area contributed by atoms with Gasteiger partial charge in [0.25, 0.3) is 0 Å². The lowest BCUT2D eigenvalue weighted by Crippen LogP contribution is -1.95. The van der Waals surface area contributed by atoms with E-state index in [-0.39, 0.29) is 0 Å².